The Morgan fingerprint density at radius 3 is 1.71 bits per heavy atom. The predicted molar refractivity (Wildman–Crippen MR) is 149 cm³/mol. The van der Waals surface area contributed by atoms with Gasteiger partial charge in [-0.05, 0) is 29.7 Å². The molecule has 0 aliphatic carbocycles. The van der Waals surface area contributed by atoms with Crippen molar-refractivity contribution in [3.63, 3.8) is 0 Å². The molecule has 3 heterocycles. The number of para-hydroxylation sites is 2. The molecular formula is C31H19N5O2. The van der Waals surface area contributed by atoms with Gasteiger partial charge in [0.1, 0.15) is 5.52 Å². The van der Waals surface area contributed by atoms with Gasteiger partial charge in [0.2, 0.25) is 5.95 Å². The number of nitrogens with zero attached hydrogens (tertiary/aromatic N) is 5. The first-order chi connectivity index (χ1) is 18.7. The fourth-order valence-corrected chi connectivity index (χ4v) is 4.82. The molecule has 0 spiro atoms. The monoisotopic (exact) mass is 493 g/mol. The van der Waals surface area contributed by atoms with E-state index in [9.17, 15) is 9.59 Å². The molecule has 0 aliphatic heterocycles. The van der Waals surface area contributed by atoms with Gasteiger partial charge in [-0.1, -0.05) is 91.0 Å². The Morgan fingerprint density at radius 2 is 1.05 bits per heavy atom. The van der Waals surface area contributed by atoms with E-state index in [4.69, 9.17) is 15.0 Å². The van der Waals surface area contributed by atoms with Crippen molar-refractivity contribution >= 4 is 27.3 Å². The van der Waals surface area contributed by atoms with Gasteiger partial charge >= 0.3 is 0 Å². The second-order valence-corrected chi connectivity index (χ2v) is 8.90. The van der Waals surface area contributed by atoms with Gasteiger partial charge in [0.15, 0.2) is 11.6 Å². The van der Waals surface area contributed by atoms with Gasteiger partial charge in [-0.3, -0.25) is 14.0 Å². The number of rotatable bonds is 3. The number of pyridine rings is 1. The minimum absolute atomic E-state index is 0.182. The molecule has 7 heteroatoms. The van der Waals surface area contributed by atoms with E-state index in [1.54, 1.807) is 18.2 Å². The topological polar surface area (TPSA) is 82.1 Å². The van der Waals surface area contributed by atoms with Gasteiger partial charge in [0, 0.05) is 16.5 Å². The molecule has 3 aromatic heterocycles. The van der Waals surface area contributed by atoms with Crippen LogP contribution in [-0.4, -0.2) is 23.9 Å². The van der Waals surface area contributed by atoms with E-state index >= 15 is 0 Å². The van der Waals surface area contributed by atoms with Gasteiger partial charge in [-0.25, -0.2) is 9.55 Å². The quantitative estimate of drug-likeness (QED) is 0.247. The molecule has 38 heavy (non-hydrogen) atoms. The van der Waals surface area contributed by atoms with Gasteiger partial charge in [0.05, 0.1) is 11.0 Å². The molecule has 0 saturated heterocycles. The maximum atomic E-state index is 14.1. The molecule has 7 nitrogen and oxygen atoms in total. The summed E-state index contributed by atoms with van der Waals surface area (Å²) in [5, 5.41) is 1.24. The van der Waals surface area contributed by atoms with Gasteiger partial charge in [0.25, 0.3) is 11.1 Å². The number of hydrogen-bond acceptors (Lipinski definition) is 5. The van der Waals surface area contributed by atoms with Crippen LogP contribution in [0.5, 0.6) is 0 Å². The van der Waals surface area contributed by atoms with Crippen LogP contribution < -0.4 is 11.1 Å². The van der Waals surface area contributed by atoms with E-state index < -0.39 is 5.56 Å². The predicted octanol–water partition coefficient (Wildman–Crippen LogP) is 5.28. The fraction of sp³-hybridized carbons (Fsp3) is 0. The van der Waals surface area contributed by atoms with Crippen molar-refractivity contribution < 1.29 is 0 Å². The molecule has 180 valence electrons. The van der Waals surface area contributed by atoms with E-state index in [2.05, 4.69) is 0 Å². The average molecular weight is 494 g/mol. The first kappa shape index (κ1) is 21.8. The summed E-state index contributed by atoms with van der Waals surface area (Å²) in [5.74, 6) is 1.07. The van der Waals surface area contributed by atoms with Gasteiger partial charge in [-0.2, -0.15) is 9.97 Å². The molecule has 7 rings (SSSR count). The van der Waals surface area contributed by atoms with Crippen LogP contribution in [0.25, 0.3) is 56.0 Å². The lowest BCUT2D eigenvalue weighted by molar-refractivity contribution is 0.893. The Balaban J connectivity index is 1.62. The van der Waals surface area contributed by atoms with Crippen LogP contribution in [0.2, 0.25) is 0 Å². The lowest BCUT2D eigenvalue weighted by Gasteiger charge is -2.15. The molecule has 4 aromatic carbocycles. The fourth-order valence-electron chi connectivity index (χ4n) is 4.82. The average Bonchev–Trinajstić information content (AvgIpc) is 2.98. The van der Waals surface area contributed by atoms with Crippen molar-refractivity contribution in [2.75, 3.05) is 0 Å². The third kappa shape index (κ3) is 3.41. The molecule has 0 aliphatic rings. The second-order valence-electron chi connectivity index (χ2n) is 8.90. The molecule has 0 amide bonds. The molecule has 7 aromatic rings. The molecule has 0 atom stereocenters. The summed E-state index contributed by atoms with van der Waals surface area (Å²) < 4.78 is 2.95. The van der Waals surface area contributed by atoms with Crippen LogP contribution in [0.4, 0.5) is 0 Å². The molecular weight excluding hydrogens is 474 g/mol. The molecule has 0 N–H and O–H groups in total. The smallest absolute Gasteiger partial charge is 0.269 e. The van der Waals surface area contributed by atoms with Crippen LogP contribution in [0.3, 0.4) is 0 Å². The maximum Gasteiger partial charge on any atom is 0.282 e. The second kappa shape index (κ2) is 8.60. The van der Waals surface area contributed by atoms with Crippen molar-refractivity contribution in [2.45, 2.75) is 0 Å². The summed E-state index contributed by atoms with van der Waals surface area (Å²) in [4.78, 5) is 41.9. The van der Waals surface area contributed by atoms with Gasteiger partial charge < -0.3 is 0 Å². The highest BCUT2D eigenvalue weighted by Gasteiger charge is 2.19. The highest BCUT2D eigenvalue weighted by Crippen LogP contribution is 2.23. The Kier molecular flexibility index (Phi) is 4.94. The van der Waals surface area contributed by atoms with E-state index in [0.29, 0.717) is 33.5 Å². The van der Waals surface area contributed by atoms with Crippen molar-refractivity contribution in [3.05, 3.63) is 136 Å². The van der Waals surface area contributed by atoms with Crippen molar-refractivity contribution in [1.82, 2.24) is 23.9 Å². The van der Waals surface area contributed by atoms with E-state index in [1.165, 1.54) is 8.97 Å². The lowest BCUT2D eigenvalue weighted by atomic mass is 10.1. The molecule has 0 fully saturated rings. The Morgan fingerprint density at radius 1 is 0.500 bits per heavy atom. The zero-order valence-electron chi connectivity index (χ0n) is 20.0. The summed E-state index contributed by atoms with van der Waals surface area (Å²) >= 11 is 0. The summed E-state index contributed by atoms with van der Waals surface area (Å²) in [6.45, 7) is 0. The summed E-state index contributed by atoms with van der Waals surface area (Å²) in [5.41, 5.74) is 2.31. The van der Waals surface area contributed by atoms with Crippen molar-refractivity contribution in [3.8, 4) is 28.7 Å². The molecule has 0 bridgehead atoms. The van der Waals surface area contributed by atoms with Crippen LogP contribution in [0, 0.1) is 0 Å². The molecule has 0 unspecified atom stereocenters. The normalized spacial score (nSPS) is 11.4. The van der Waals surface area contributed by atoms with Crippen LogP contribution >= 0.6 is 0 Å². The highest BCUT2D eigenvalue weighted by atomic mass is 16.1. The summed E-state index contributed by atoms with van der Waals surface area (Å²) in [6, 6.07) is 35.5. The SMILES string of the molecule is O=c1c2cc3ccccc3c(=O)n2c2ccccc2n1-c1nc(-c2ccccc2)nc(-c2ccccc2)n1. The standard InChI is InChI=1S/C31H19N5O2/c37-29-23-16-8-7-15-22(23)19-26-30(38)36(25-18-10-9-17-24(25)35(26)29)31-33-27(20-11-3-1-4-12-20)32-28(34-31)21-13-5-2-6-14-21/h1-19H. The zero-order chi connectivity index (χ0) is 25.6. The van der Waals surface area contributed by atoms with Crippen LogP contribution in [-0.2, 0) is 0 Å². The largest absolute Gasteiger partial charge is 0.282 e. The van der Waals surface area contributed by atoms with Crippen LogP contribution in [0.1, 0.15) is 0 Å². The van der Waals surface area contributed by atoms with Crippen LogP contribution in [0.15, 0.2) is 125 Å². The summed E-state index contributed by atoms with van der Waals surface area (Å²) in [6.07, 6.45) is 0. The third-order valence-corrected chi connectivity index (χ3v) is 6.60. The summed E-state index contributed by atoms with van der Waals surface area (Å²) in [7, 11) is 0. The minimum Gasteiger partial charge on any atom is -0.269 e. The van der Waals surface area contributed by atoms with Gasteiger partial charge in [-0.15, -0.1) is 0 Å². The number of fused-ring (bicyclic) bond motifs is 4. The first-order valence-electron chi connectivity index (χ1n) is 12.1. The highest BCUT2D eigenvalue weighted by molar-refractivity contribution is 5.89. The van der Waals surface area contributed by atoms with Crippen molar-refractivity contribution in [2.24, 2.45) is 0 Å². The maximum absolute atomic E-state index is 14.1. The Bertz CT molecular complexity index is 2060. The van der Waals surface area contributed by atoms with Crippen molar-refractivity contribution in [1.29, 1.82) is 0 Å². The first-order valence-corrected chi connectivity index (χ1v) is 12.1. The number of benzene rings is 4. The van der Waals surface area contributed by atoms with E-state index in [1.807, 2.05) is 97.1 Å². The molecule has 0 radical (unpaired) electrons. The number of aromatic nitrogens is 5. The third-order valence-electron chi connectivity index (χ3n) is 6.60. The Labute approximate surface area is 216 Å². The van der Waals surface area contributed by atoms with E-state index in [-0.39, 0.29) is 17.0 Å². The minimum atomic E-state index is -0.393. The Hall–Kier alpha value is -5.43. The lowest BCUT2D eigenvalue weighted by Crippen LogP contribution is -2.28. The molecule has 0 saturated carbocycles. The van der Waals surface area contributed by atoms with E-state index in [0.717, 1.165) is 11.1 Å². The zero-order valence-corrected chi connectivity index (χ0v) is 20.0. The number of hydrogen-bond donors (Lipinski definition) is 0.